The van der Waals surface area contributed by atoms with Gasteiger partial charge in [-0.05, 0) is 43.9 Å². The molecule has 0 aromatic heterocycles. The first-order chi connectivity index (χ1) is 8.37. The average Bonchev–Trinajstić information content (AvgIpc) is 2.67. The average molecular weight is 292 g/mol. The molecule has 4 nitrogen and oxygen atoms in total. The number of hydrogen-bond acceptors (Lipinski definition) is 3. The molecule has 0 radical (unpaired) electrons. The van der Waals surface area contributed by atoms with Crippen molar-refractivity contribution < 1.29 is 13.2 Å². The first-order valence-electron chi connectivity index (χ1n) is 6.65. The molecule has 1 saturated heterocycles. The van der Waals surface area contributed by atoms with Gasteiger partial charge in [0.05, 0.1) is 12.0 Å². The number of β-lactam (4-membered cyclic amide) rings is 1. The fraction of sp³-hybridized carbons (Fsp3) is 0.917. The van der Waals surface area contributed by atoms with Gasteiger partial charge < -0.3 is 0 Å². The van der Waals surface area contributed by atoms with Crippen LogP contribution in [-0.2, 0) is 14.0 Å². The van der Waals surface area contributed by atoms with E-state index >= 15 is 0 Å². The summed E-state index contributed by atoms with van der Waals surface area (Å²) >= 11 is 0. The summed E-state index contributed by atoms with van der Waals surface area (Å²) in [5.41, 5.74) is -0.0445. The van der Waals surface area contributed by atoms with Crippen molar-refractivity contribution in [1.29, 1.82) is 0 Å². The highest BCUT2D eigenvalue weighted by Crippen LogP contribution is 2.56. The van der Waals surface area contributed by atoms with Crippen molar-refractivity contribution >= 4 is 25.8 Å². The number of hydrogen-bond donors (Lipinski definition) is 0. The van der Waals surface area contributed by atoms with E-state index in [0.717, 1.165) is 30.0 Å². The summed E-state index contributed by atoms with van der Waals surface area (Å²) in [4.78, 5) is 11.5. The standard InChI is InChI=1S/C12H18ClNO3S/c13-18(16,17)14-10(15)9-12(14)7-5-11(6-8-12)3-1-2-4-11/h1-9H2. The molecule has 1 aliphatic heterocycles. The van der Waals surface area contributed by atoms with Gasteiger partial charge in [0.15, 0.2) is 0 Å². The maximum Gasteiger partial charge on any atom is 0.324 e. The lowest BCUT2D eigenvalue weighted by atomic mass is 9.63. The summed E-state index contributed by atoms with van der Waals surface area (Å²) in [5, 5.41) is 0. The third-order valence-corrected chi connectivity index (χ3v) is 6.70. The van der Waals surface area contributed by atoms with Crippen molar-refractivity contribution in [3.63, 3.8) is 0 Å². The summed E-state index contributed by atoms with van der Waals surface area (Å²) in [5.74, 6) is -0.340. The molecule has 0 bridgehead atoms. The Bertz CT molecular complexity index is 472. The van der Waals surface area contributed by atoms with E-state index in [1.165, 1.54) is 25.7 Å². The Morgan fingerprint density at radius 2 is 1.56 bits per heavy atom. The smallest absolute Gasteiger partial charge is 0.274 e. The Balaban J connectivity index is 1.77. The lowest BCUT2D eigenvalue weighted by molar-refractivity contribution is -0.149. The van der Waals surface area contributed by atoms with Crippen LogP contribution in [-0.4, -0.2) is 24.2 Å². The van der Waals surface area contributed by atoms with E-state index in [9.17, 15) is 13.2 Å². The third kappa shape index (κ3) is 1.78. The number of nitrogens with zero attached hydrogens (tertiary/aromatic N) is 1. The van der Waals surface area contributed by atoms with Crippen LogP contribution in [0.4, 0.5) is 0 Å². The summed E-state index contributed by atoms with van der Waals surface area (Å²) in [6.45, 7) is 0. The van der Waals surface area contributed by atoms with Gasteiger partial charge >= 0.3 is 9.24 Å². The van der Waals surface area contributed by atoms with E-state index in [0.29, 0.717) is 11.8 Å². The molecule has 2 aliphatic carbocycles. The number of amides is 1. The summed E-state index contributed by atoms with van der Waals surface area (Å²) in [7, 11) is 1.48. The van der Waals surface area contributed by atoms with E-state index in [2.05, 4.69) is 0 Å². The second-order valence-electron chi connectivity index (χ2n) is 6.21. The first kappa shape index (κ1) is 12.7. The Labute approximate surface area is 112 Å². The van der Waals surface area contributed by atoms with E-state index in [4.69, 9.17) is 10.7 Å². The Hall–Kier alpha value is -0.290. The van der Waals surface area contributed by atoms with Gasteiger partial charge in [-0.1, -0.05) is 12.8 Å². The molecule has 3 fully saturated rings. The molecule has 0 atom stereocenters. The van der Waals surface area contributed by atoms with Crippen LogP contribution in [0.25, 0.3) is 0 Å². The number of rotatable bonds is 1. The number of carbonyl (C=O) groups excluding carboxylic acids is 1. The molecule has 0 N–H and O–H groups in total. The predicted octanol–water partition coefficient (Wildman–Crippen LogP) is 2.58. The van der Waals surface area contributed by atoms with Gasteiger partial charge in [0.25, 0.3) is 0 Å². The fourth-order valence-corrected chi connectivity index (χ4v) is 5.89. The van der Waals surface area contributed by atoms with E-state index in [-0.39, 0.29) is 5.91 Å². The van der Waals surface area contributed by atoms with Crippen molar-refractivity contribution in [2.75, 3.05) is 0 Å². The van der Waals surface area contributed by atoms with Crippen molar-refractivity contribution in [1.82, 2.24) is 4.31 Å². The minimum absolute atomic E-state index is 0.340. The van der Waals surface area contributed by atoms with Gasteiger partial charge in [0.1, 0.15) is 0 Å². The van der Waals surface area contributed by atoms with Crippen LogP contribution in [0, 0.1) is 5.41 Å². The monoisotopic (exact) mass is 291 g/mol. The van der Waals surface area contributed by atoms with Gasteiger partial charge in [-0.15, -0.1) is 0 Å². The SMILES string of the molecule is O=C1CC2(CCC3(CCCC3)CC2)N1S(=O)(=O)Cl. The molecule has 18 heavy (non-hydrogen) atoms. The zero-order chi connectivity index (χ0) is 13.0. The predicted molar refractivity (Wildman–Crippen MR) is 68.3 cm³/mol. The molecule has 102 valence electrons. The van der Waals surface area contributed by atoms with Gasteiger partial charge in [-0.25, -0.2) is 4.31 Å². The Kier molecular flexibility index (Phi) is 2.73. The van der Waals surface area contributed by atoms with Crippen LogP contribution in [0.5, 0.6) is 0 Å². The van der Waals surface area contributed by atoms with Gasteiger partial charge in [0.2, 0.25) is 5.91 Å². The number of carbonyl (C=O) groups is 1. The molecular formula is C12H18ClNO3S. The van der Waals surface area contributed by atoms with Crippen molar-refractivity contribution in [2.24, 2.45) is 5.41 Å². The summed E-state index contributed by atoms with van der Waals surface area (Å²) in [6, 6.07) is 0. The van der Waals surface area contributed by atoms with E-state index in [1.54, 1.807) is 0 Å². The summed E-state index contributed by atoms with van der Waals surface area (Å²) in [6.07, 6.45) is 9.17. The van der Waals surface area contributed by atoms with E-state index < -0.39 is 14.8 Å². The molecule has 3 rings (SSSR count). The quantitative estimate of drug-likeness (QED) is 0.551. The third-order valence-electron chi connectivity index (χ3n) is 5.26. The van der Waals surface area contributed by atoms with Crippen LogP contribution in [0.1, 0.15) is 57.8 Å². The van der Waals surface area contributed by atoms with Crippen LogP contribution in [0.3, 0.4) is 0 Å². The topological polar surface area (TPSA) is 54.5 Å². The highest BCUT2D eigenvalue weighted by atomic mass is 35.7. The molecule has 1 heterocycles. The first-order valence-corrected chi connectivity index (χ1v) is 8.92. The summed E-state index contributed by atoms with van der Waals surface area (Å²) < 4.78 is 23.9. The Morgan fingerprint density at radius 3 is 2.00 bits per heavy atom. The molecule has 0 unspecified atom stereocenters. The second kappa shape index (κ2) is 3.85. The van der Waals surface area contributed by atoms with Crippen LogP contribution in [0.2, 0.25) is 0 Å². The molecule has 2 saturated carbocycles. The molecule has 0 aromatic carbocycles. The van der Waals surface area contributed by atoms with Crippen molar-refractivity contribution in [3.8, 4) is 0 Å². The van der Waals surface area contributed by atoms with Crippen molar-refractivity contribution in [2.45, 2.75) is 63.3 Å². The molecule has 1 amide bonds. The van der Waals surface area contributed by atoms with Crippen LogP contribution in [0.15, 0.2) is 0 Å². The molecular weight excluding hydrogens is 274 g/mol. The Morgan fingerprint density at radius 1 is 1.00 bits per heavy atom. The number of halogens is 1. The van der Waals surface area contributed by atoms with Gasteiger partial charge in [-0.3, -0.25) is 4.79 Å². The molecule has 2 spiro atoms. The molecule has 3 aliphatic rings. The van der Waals surface area contributed by atoms with Gasteiger partial charge in [0, 0.05) is 10.7 Å². The van der Waals surface area contributed by atoms with Gasteiger partial charge in [-0.2, -0.15) is 8.42 Å². The highest BCUT2D eigenvalue weighted by Gasteiger charge is 2.59. The lowest BCUT2D eigenvalue weighted by Gasteiger charge is -2.54. The minimum atomic E-state index is -3.90. The molecule has 6 heteroatoms. The van der Waals surface area contributed by atoms with E-state index in [1.807, 2.05) is 0 Å². The maximum atomic E-state index is 11.5. The van der Waals surface area contributed by atoms with Crippen LogP contribution < -0.4 is 0 Å². The minimum Gasteiger partial charge on any atom is -0.274 e. The second-order valence-corrected chi connectivity index (χ2v) is 8.57. The highest BCUT2D eigenvalue weighted by molar-refractivity contribution is 8.12. The lowest BCUT2D eigenvalue weighted by Crippen LogP contribution is -2.66. The zero-order valence-corrected chi connectivity index (χ0v) is 11.9. The fourth-order valence-electron chi connectivity index (χ4n) is 4.20. The largest absolute Gasteiger partial charge is 0.324 e. The van der Waals surface area contributed by atoms with Crippen molar-refractivity contribution in [3.05, 3.63) is 0 Å². The van der Waals surface area contributed by atoms with Crippen LogP contribution >= 0.6 is 10.7 Å². The molecule has 0 aromatic rings. The zero-order valence-electron chi connectivity index (χ0n) is 10.3. The normalized spacial score (nSPS) is 29.8. The maximum absolute atomic E-state index is 11.5.